The Morgan fingerprint density at radius 1 is 0.529 bits per heavy atom. The van der Waals surface area contributed by atoms with Crippen molar-refractivity contribution in [2.45, 2.75) is 126 Å². The van der Waals surface area contributed by atoms with Crippen molar-refractivity contribution in [2.24, 2.45) is 4.99 Å². The lowest BCUT2D eigenvalue weighted by molar-refractivity contribution is -0.157. The van der Waals surface area contributed by atoms with E-state index in [1.807, 2.05) is 62.3 Å². The van der Waals surface area contributed by atoms with Gasteiger partial charge in [-0.05, 0) is 83.1 Å². The maximum Gasteiger partial charge on any atom is 0.328 e. The minimum atomic E-state index is -0.500. The second-order valence-electron chi connectivity index (χ2n) is 14.5. The van der Waals surface area contributed by atoms with Crippen LogP contribution in [0.3, 0.4) is 0 Å². The molecule has 2 N–H and O–H groups in total. The number of aliphatic hydroxyl groups excluding tert-OH is 1. The fourth-order valence-electron chi connectivity index (χ4n) is 3.05. The lowest BCUT2D eigenvalue weighted by atomic mass is 10.2. The van der Waals surface area contributed by atoms with Crippen molar-refractivity contribution >= 4 is 30.1 Å². The van der Waals surface area contributed by atoms with Crippen LogP contribution in [-0.4, -0.2) is 137 Å². The van der Waals surface area contributed by atoms with E-state index >= 15 is 0 Å². The number of ether oxygens (including phenoxy) is 8. The van der Waals surface area contributed by atoms with Gasteiger partial charge in [-0.2, -0.15) is 0 Å². The van der Waals surface area contributed by atoms with E-state index < -0.39 is 22.4 Å². The zero-order chi connectivity index (χ0) is 39.3. The molecule has 0 unspecified atom stereocenters. The Balaban J connectivity index is -0.000000405. The molecule has 0 aliphatic carbocycles. The molecule has 0 saturated carbocycles. The maximum atomic E-state index is 11.4. The number of hydrogen-bond acceptors (Lipinski definition) is 15. The molecule has 0 aliphatic heterocycles. The van der Waals surface area contributed by atoms with Crippen LogP contribution in [0.5, 0.6) is 0 Å². The van der Waals surface area contributed by atoms with Gasteiger partial charge in [0, 0.05) is 19.9 Å². The Labute approximate surface area is 307 Å². The zero-order valence-electron chi connectivity index (χ0n) is 33.1. The predicted octanol–water partition coefficient (Wildman–Crippen LogP) is 4.09. The Kier molecular flexibility index (Phi) is 33.4. The van der Waals surface area contributed by atoms with Gasteiger partial charge in [-0.15, -0.1) is 0 Å². The highest BCUT2D eigenvalue weighted by Crippen LogP contribution is 2.09. The summed E-state index contributed by atoms with van der Waals surface area (Å²) in [4.78, 5) is 49.6. The van der Waals surface area contributed by atoms with Gasteiger partial charge in [0.1, 0.15) is 28.9 Å². The van der Waals surface area contributed by atoms with Crippen molar-refractivity contribution in [2.75, 3.05) is 79.6 Å². The molecule has 0 aromatic carbocycles. The summed E-state index contributed by atoms with van der Waals surface area (Å²) in [5, 5.41) is 9.94. The molecule has 0 bridgehead atoms. The van der Waals surface area contributed by atoms with E-state index in [2.05, 4.69) is 10.3 Å². The van der Waals surface area contributed by atoms with Gasteiger partial charge in [0.15, 0.2) is 0 Å². The van der Waals surface area contributed by atoms with E-state index in [0.717, 1.165) is 7.11 Å². The Hall–Kier alpha value is -2.69. The van der Waals surface area contributed by atoms with Crippen molar-refractivity contribution in [3.05, 3.63) is 0 Å². The van der Waals surface area contributed by atoms with Crippen molar-refractivity contribution in [1.82, 2.24) is 5.32 Å². The molecular formula is C36H72N2O13. The summed E-state index contributed by atoms with van der Waals surface area (Å²) in [5.41, 5.74) is -1.91. The lowest BCUT2D eigenvalue weighted by Gasteiger charge is -2.19. The van der Waals surface area contributed by atoms with Crippen molar-refractivity contribution in [3.8, 4) is 0 Å². The van der Waals surface area contributed by atoms with Crippen LogP contribution in [0.2, 0.25) is 0 Å². The smallest absolute Gasteiger partial charge is 0.328 e. The fourth-order valence-corrected chi connectivity index (χ4v) is 3.05. The van der Waals surface area contributed by atoms with E-state index in [1.165, 1.54) is 6.21 Å². The van der Waals surface area contributed by atoms with Gasteiger partial charge in [0.05, 0.1) is 72.2 Å². The van der Waals surface area contributed by atoms with Crippen molar-refractivity contribution in [3.63, 3.8) is 0 Å². The average Bonchev–Trinajstić information content (AvgIpc) is 2.92. The second-order valence-corrected chi connectivity index (χ2v) is 14.5. The van der Waals surface area contributed by atoms with E-state index in [-0.39, 0.29) is 63.8 Å². The molecule has 0 saturated heterocycles. The van der Waals surface area contributed by atoms with Crippen molar-refractivity contribution < 1.29 is 62.2 Å². The predicted molar refractivity (Wildman–Crippen MR) is 197 cm³/mol. The van der Waals surface area contributed by atoms with Crippen LogP contribution in [-0.2, 0) is 57.1 Å². The van der Waals surface area contributed by atoms with Crippen LogP contribution in [0, 0.1) is 0 Å². The SMILES string of the molecule is C.CC(C)(C)OC(=O)CCOCCOCC=NCC(=O)OC(C)(C)C.CC(C)(C)OC(=O)CCOCCOCCNCC(=O)OC(C)(C)C.CO. The third-order valence-corrected chi connectivity index (χ3v) is 4.56. The average molecular weight is 741 g/mol. The van der Waals surface area contributed by atoms with Gasteiger partial charge in [0.25, 0.3) is 0 Å². The molecule has 0 atom stereocenters. The zero-order valence-corrected chi connectivity index (χ0v) is 33.1. The number of carbonyl (C=O) groups excluding carboxylic acids is 4. The summed E-state index contributed by atoms with van der Waals surface area (Å²) >= 11 is 0. The molecule has 304 valence electrons. The van der Waals surface area contributed by atoms with E-state index in [4.69, 9.17) is 43.0 Å². The number of aliphatic imine (C=N–C) groups is 1. The molecule has 0 fully saturated rings. The number of hydrogen-bond donors (Lipinski definition) is 2. The normalized spacial score (nSPS) is 11.6. The van der Waals surface area contributed by atoms with Crippen LogP contribution in [0.1, 0.15) is 103 Å². The first-order valence-corrected chi connectivity index (χ1v) is 16.8. The van der Waals surface area contributed by atoms with Gasteiger partial charge in [-0.3, -0.25) is 24.2 Å². The highest BCUT2D eigenvalue weighted by molar-refractivity contribution is 5.74. The largest absolute Gasteiger partial charge is 0.460 e. The number of nitrogens with one attached hydrogen (secondary N) is 1. The molecule has 15 heteroatoms. The van der Waals surface area contributed by atoms with Crippen LogP contribution in [0.15, 0.2) is 4.99 Å². The molecule has 51 heavy (non-hydrogen) atoms. The van der Waals surface area contributed by atoms with Crippen LogP contribution in [0.4, 0.5) is 0 Å². The summed E-state index contributed by atoms with van der Waals surface area (Å²) in [6.45, 7) is 25.5. The van der Waals surface area contributed by atoms with Crippen LogP contribution >= 0.6 is 0 Å². The molecule has 0 aromatic heterocycles. The van der Waals surface area contributed by atoms with Crippen LogP contribution < -0.4 is 5.32 Å². The highest BCUT2D eigenvalue weighted by Gasteiger charge is 2.18. The minimum Gasteiger partial charge on any atom is -0.460 e. The standard InChI is InChI=1S/C17H33NO6.C17H31NO6.CH4O.CH4/c2*1-16(2,3)23-14(19)7-9-21-11-12-22-10-8-18-13-15(20)24-17(4,5)6;1-2;/h18H,7-13H2,1-6H3;8H,7,9-13H2,1-6H3;2H,1H3;1H4. The Morgan fingerprint density at radius 3 is 1.29 bits per heavy atom. The van der Waals surface area contributed by atoms with Crippen LogP contribution in [0.25, 0.3) is 0 Å². The van der Waals surface area contributed by atoms with Gasteiger partial charge >= 0.3 is 23.9 Å². The summed E-state index contributed by atoms with van der Waals surface area (Å²) in [6, 6.07) is 0. The first kappa shape index (κ1) is 55.1. The van der Waals surface area contributed by atoms with E-state index in [1.54, 1.807) is 20.8 Å². The Bertz CT molecular complexity index is 893. The second kappa shape index (κ2) is 30.9. The topological polar surface area (TPSA) is 187 Å². The molecule has 0 spiro atoms. The third-order valence-electron chi connectivity index (χ3n) is 4.56. The molecular weight excluding hydrogens is 668 g/mol. The van der Waals surface area contributed by atoms with Gasteiger partial charge in [-0.25, -0.2) is 0 Å². The number of nitrogens with zero attached hydrogens (tertiary/aromatic N) is 1. The Morgan fingerprint density at radius 2 is 0.882 bits per heavy atom. The fraction of sp³-hybridized carbons (Fsp3) is 0.861. The van der Waals surface area contributed by atoms with Gasteiger partial charge in [0.2, 0.25) is 0 Å². The molecule has 0 rings (SSSR count). The monoisotopic (exact) mass is 741 g/mol. The molecule has 0 aliphatic rings. The number of esters is 4. The molecule has 0 amide bonds. The summed E-state index contributed by atoms with van der Waals surface area (Å²) in [6.07, 6.45) is 1.97. The van der Waals surface area contributed by atoms with E-state index in [0.29, 0.717) is 52.8 Å². The quantitative estimate of drug-likeness (QED) is 0.0742. The molecule has 0 aromatic rings. The van der Waals surface area contributed by atoms with Gasteiger partial charge in [-0.1, -0.05) is 7.43 Å². The summed E-state index contributed by atoms with van der Waals surface area (Å²) in [5.74, 6) is -1.20. The first-order chi connectivity index (χ1) is 23.0. The van der Waals surface area contributed by atoms with E-state index in [9.17, 15) is 19.2 Å². The molecule has 15 nitrogen and oxygen atoms in total. The van der Waals surface area contributed by atoms with Crippen molar-refractivity contribution in [1.29, 1.82) is 0 Å². The molecule has 0 radical (unpaired) electrons. The number of rotatable bonds is 21. The van der Waals surface area contributed by atoms with Gasteiger partial charge < -0.3 is 48.3 Å². The number of carbonyl (C=O) groups is 4. The number of aliphatic hydroxyl groups is 1. The maximum absolute atomic E-state index is 11.4. The summed E-state index contributed by atoms with van der Waals surface area (Å²) < 4.78 is 41.8. The third kappa shape index (κ3) is 51.8. The first-order valence-electron chi connectivity index (χ1n) is 16.8. The lowest BCUT2D eigenvalue weighted by Crippen LogP contribution is -2.33. The summed E-state index contributed by atoms with van der Waals surface area (Å²) in [7, 11) is 1.00. The molecule has 0 heterocycles. The highest BCUT2D eigenvalue weighted by atomic mass is 16.6. The minimum absolute atomic E-state index is 0.